The SMILES string of the molecule is O=C(Cn1ccnc1)c1ccc(-c2ccc(C(O)C(CF)NC(=O)C(F)F)cc2)cn1. The van der Waals surface area contributed by atoms with E-state index in [0.717, 1.165) is 0 Å². The third-order valence-corrected chi connectivity index (χ3v) is 4.59. The van der Waals surface area contributed by atoms with E-state index in [-0.39, 0.29) is 17.9 Å². The number of carbonyl (C=O) groups excluding carboxylic acids is 2. The number of hydrogen-bond acceptors (Lipinski definition) is 5. The molecular formula is C21H19F3N4O3. The number of halogens is 3. The monoisotopic (exact) mass is 432 g/mol. The fraction of sp³-hybridized carbons (Fsp3) is 0.238. The molecule has 0 saturated heterocycles. The van der Waals surface area contributed by atoms with Crippen molar-refractivity contribution in [2.75, 3.05) is 6.67 Å². The number of rotatable bonds is 9. The van der Waals surface area contributed by atoms with Crippen LogP contribution in [0.2, 0.25) is 0 Å². The molecule has 31 heavy (non-hydrogen) atoms. The average molecular weight is 432 g/mol. The first kappa shape index (κ1) is 22.2. The van der Waals surface area contributed by atoms with Crippen molar-refractivity contribution in [3.63, 3.8) is 0 Å². The Labute approximate surface area is 175 Å². The van der Waals surface area contributed by atoms with Gasteiger partial charge in [0, 0.05) is 24.2 Å². The van der Waals surface area contributed by atoms with Crippen molar-refractivity contribution in [2.24, 2.45) is 0 Å². The Bertz CT molecular complexity index is 1010. The van der Waals surface area contributed by atoms with E-state index in [1.165, 1.54) is 24.7 Å². The van der Waals surface area contributed by atoms with Crippen LogP contribution in [0.5, 0.6) is 0 Å². The number of aliphatic hydroxyl groups is 1. The summed E-state index contributed by atoms with van der Waals surface area (Å²) >= 11 is 0. The number of hydrogen-bond donors (Lipinski definition) is 2. The van der Waals surface area contributed by atoms with Gasteiger partial charge in [-0.05, 0) is 17.2 Å². The maximum absolute atomic E-state index is 13.1. The second kappa shape index (κ2) is 9.98. The lowest BCUT2D eigenvalue weighted by molar-refractivity contribution is -0.133. The van der Waals surface area contributed by atoms with Crippen molar-refractivity contribution < 1.29 is 27.9 Å². The van der Waals surface area contributed by atoms with Gasteiger partial charge in [0.05, 0.1) is 18.9 Å². The van der Waals surface area contributed by atoms with Gasteiger partial charge < -0.3 is 15.0 Å². The van der Waals surface area contributed by atoms with Crippen molar-refractivity contribution in [3.8, 4) is 11.1 Å². The van der Waals surface area contributed by atoms with Crippen LogP contribution in [0, 0.1) is 0 Å². The lowest BCUT2D eigenvalue weighted by atomic mass is 9.99. The van der Waals surface area contributed by atoms with Crippen molar-refractivity contribution in [3.05, 3.63) is 72.6 Å². The molecule has 2 heterocycles. The zero-order valence-electron chi connectivity index (χ0n) is 16.2. The minimum Gasteiger partial charge on any atom is -0.386 e. The third kappa shape index (κ3) is 5.54. The normalized spacial score (nSPS) is 13.1. The van der Waals surface area contributed by atoms with Crippen LogP contribution in [-0.4, -0.2) is 50.5 Å². The highest BCUT2D eigenvalue weighted by atomic mass is 19.3. The number of nitrogens with one attached hydrogen (secondary N) is 1. The molecule has 0 radical (unpaired) electrons. The minimum absolute atomic E-state index is 0.122. The zero-order chi connectivity index (χ0) is 22.4. The van der Waals surface area contributed by atoms with E-state index in [4.69, 9.17) is 0 Å². The lowest BCUT2D eigenvalue weighted by Gasteiger charge is -2.22. The summed E-state index contributed by atoms with van der Waals surface area (Å²) in [6.07, 6.45) is 1.52. The topological polar surface area (TPSA) is 97.1 Å². The summed E-state index contributed by atoms with van der Waals surface area (Å²) in [5.41, 5.74) is 1.96. The molecule has 3 aromatic rings. The molecule has 2 atom stereocenters. The number of carbonyl (C=O) groups is 2. The number of aromatic nitrogens is 3. The molecule has 1 aromatic carbocycles. The van der Waals surface area contributed by atoms with Gasteiger partial charge in [0.25, 0.3) is 5.91 Å². The Morgan fingerprint density at radius 3 is 2.35 bits per heavy atom. The molecule has 0 fully saturated rings. The number of Topliss-reactive ketones (excluding diaryl/α,β-unsaturated/α-hetero) is 1. The molecule has 0 saturated carbocycles. The van der Waals surface area contributed by atoms with Crippen LogP contribution in [0.4, 0.5) is 13.2 Å². The lowest BCUT2D eigenvalue weighted by Crippen LogP contribution is -2.43. The maximum atomic E-state index is 13.1. The van der Waals surface area contributed by atoms with E-state index in [2.05, 4.69) is 9.97 Å². The molecule has 1 amide bonds. The number of pyridine rings is 1. The molecule has 0 bridgehead atoms. The van der Waals surface area contributed by atoms with E-state index >= 15 is 0 Å². The molecule has 0 spiro atoms. The van der Waals surface area contributed by atoms with Gasteiger partial charge in [0.1, 0.15) is 18.5 Å². The average Bonchev–Trinajstić information content (AvgIpc) is 3.30. The first-order chi connectivity index (χ1) is 14.9. The number of amides is 1. The Balaban J connectivity index is 1.67. The highest BCUT2D eigenvalue weighted by molar-refractivity contribution is 5.94. The Kier molecular flexibility index (Phi) is 7.14. The molecule has 2 N–H and O–H groups in total. The number of alkyl halides is 3. The molecule has 0 aliphatic carbocycles. The molecule has 7 nitrogen and oxygen atoms in total. The summed E-state index contributed by atoms with van der Waals surface area (Å²) in [7, 11) is 0. The molecule has 2 aromatic heterocycles. The number of nitrogens with zero attached hydrogens (tertiary/aromatic N) is 3. The zero-order valence-corrected chi connectivity index (χ0v) is 16.2. The summed E-state index contributed by atoms with van der Waals surface area (Å²) in [4.78, 5) is 31.4. The quantitative estimate of drug-likeness (QED) is 0.507. The van der Waals surface area contributed by atoms with E-state index < -0.39 is 31.2 Å². The van der Waals surface area contributed by atoms with E-state index in [1.54, 1.807) is 46.5 Å². The number of benzene rings is 1. The van der Waals surface area contributed by atoms with Gasteiger partial charge in [-0.25, -0.2) is 9.37 Å². The van der Waals surface area contributed by atoms with Crippen molar-refractivity contribution >= 4 is 11.7 Å². The molecule has 0 aliphatic heterocycles. The molecular weight excluding hydrogens is 413 g/mol. The Morgan fingerprint density at radius 2 is 1.81 bits per heavy atom. The number of aliphatic hydroxyl groups excluding tert-OH is 1. The molecule has 3 rings (SSSR count). The molecule has 0 aliphatic rings. The second-order valence-corrected chi connectivity index (χ2v) is 6.73. The van der Waals surface area contributed by atoms with Gasteiger partial charge in [0.2, 0.25) is 5.78 Å². The minimum atomic E-state index is -3.30. The number of imidazole rings is 1. The van der Waals surface area contributed by atoms with Gasteiger partial charge in [-0.2, -0.15) is 8.78 Å². The van der Waals surface area contributed by atoms with Crippen LogP contribution in [-0.2, 0) is 11.3 Å². The van der Waals surface area contributed by atoms with Crippen LogP contribution >= 0.6 is 0 Å². The fourth-order valence-electron chi connectivity index (χ4n) is 2.91. The van der Waals surface area contributed by atoms with Crippen molar-refractivity contribution in [1.29, 1.82) is 0 Å². The van der Waals surface area contributed by atoms with Crippen molar-refractivity contribution in [1.82, 2.24) is 19.9 Å². The van der Waals surface area contributed by atoms with Crippen LogP contribution in [0.1, 0.15) is 22.2 Å². The van der Waals surface area contributed by atoms with E-state index in [0.29, 0.717) is 16.8 Å². The fourth-order valence-corrected chi connectivity index (χ4v) is 2.91. The predicted octanol–water partition coefficient (Wildman–Crippen LogP) is 2.58. The van der Waals surface area contributed by atoms with Crippen LogP contribution < -0.4 is 5.32 Å². The van der Waals surface area contributed by atoms with E-state index in [9.17, 15) is 27.9 Å². The first-order valence-electron chi connectivity index (χ1n) is 9.27. The van der Waals surface area contributed by atoms with Gasteiger partial charge in [-0.1, -0.05) is 30.3 Å². The van der Waals surface area contributed by atoms with Gasteiger partial charge >= 0.3 is 6.43 Å². The summed E-state index contributed by atoms with van der Waals surface area (Å²) in [5.74, 6) is -1.82. The van der Waals surface area contributed by atoms with Crippen molar-refractivity contribution in [2.45, 2.75) is 25.1 Å². The summed E-state index contributed by atoms with van der Waals surface area (Å²) in [6, 6.07) is 8.07. The summed E-state index contributed by atoms with van der Waals surface area (Å²) in [6.45, 7) is -1.09. The van der Waals surface area contributed by atoms with Gasteiger partial charge in [-0.3, -0.25) is 14.6 Å². The smallest absolute Gasteiger partial charge is 0.315 e. The van der Waals surface area contributed by atoms with E-state index in [1.807, 2.05) is 0 Å². The highest BCUT2D eigenvalue weighted by Gasteiger charge is 2.26. The first-order valence-corrected chi connectivity index (χ1v) is 9.27. The number of ketones is 1. The van der Waals surface area contributed by atoms with Gasteiger partial charge in [0.15, 0.2) is 0 Å². The molecule has 2 unspecified atom stereocenters. The highest BCUT2D eigenvalue weighted by Crippen LogP contribution is 2.24. The Hall–Kier alpha value is -3.53. The summed E-state index contributed by atoms with van der Waals surface area (Å²) < 4.78 is 39.5. The molecule has 10 heteroatoms. The van der Waals surface area contributed by atoms with Crippen LogP contribution in [0.15, 0.2) is 61.3 Å². The second-order valence-electron chi connectivity index (χ2n) is 6.73. The summed E-state index contributed by atoms with van der Waals surface area (Å²) in [5, 5.41) is 12.0. The molecule has 162 valence electrons. The van der Waals surface area contributed by atoms with Crippen LogP contribution in [0.3, 0.4) is 0 Å². The third-order valence-electron chi connectivity index (χ3n) is 4.59. The standard InChI is InChI=1S/C21H19F3N4O3/c22-9-17(27-21(31)20(23)24)19(30)14-3-1-13(2-4-14)15-5-6-16(26-10-15)18(29)11-28-8-7-25-12-28/h1-8,10,12,17,19-20,30H,9,11H2,(H,27,31). The maximum Gasteiger partial charge on any atom is 0.315 e. The van der Waals surface area contributed by atoms with Crippen LogP contribution in [0.25, 0.3) is 11.1 Å². The largest absolute Gasteiger partial charge is 0.386 e. The Morgan fingerprint density at radius 1 is 1.10 bits per heavy atom. The predicted molar refractivity (Wildman–Crippen MR) is 105 cm³/mol. The van der Waals surface area contributed by atoms with Gasteiger partial charge in [-0.15, -0.1) is 0 Å².